The van der Waals surface area contributed by atoms with E-state index < -0.39 is 6.03 Å². The molecule has 9 nitrogen and oxygen atoms in total. The minimum absolute atomic E-state index is 0.0439. The third-order valence-electron chi connectivity index (χ3n) is 3.57. The van der Waals surface area contributed by atoms with Crippen molar-refractivity contribution in [3.63, 3.8) is 0 Å². The highest BCUT2D eigenvalue weighted by molar-refractivity contribution is 5.99. The van der Waals surface area contributed by atoms with Gasteiger partial charge in [-0.3, -0.25) is 5.32 Å². The van der Waals surface area contributed by atoms with Gasteiger partial charge in [-0.05, 0) is 32.0 Å². The van der Waals surface area contributed by atoms with Gasteiger partial charge in [-0.2, -0.15) is 0 Å². The maximum atomic E-state index is 12.2. The number of hydrogen-bond donors (Lipinski definition) is 2. The lowest BCUT2D eigenvalue weighted by atomic mass is 10.2. The van der Waals surface area contributed by atoms with Crippen molar-refractivity contribution in [3.8, 4) is 23.0 Å². The van der Waals surface area contributed by atoms with Crippen molar-refractivity contribution in [1.82, 2.24) is 10.2 Å². The number of urea groups is 1. The summed E-state index contributed by atoms with van der Waals surface area (Å²) in [6, 6.07) is 6.31. The van der Waals surface area contributed by atoms with Gasteiger partial charge in [0.05, 0.1) is 25.5 Å². The van der Waals surface area contributed by atoms with Gasteiger partial charge in [-0.25, -0.2) is 4.79 Å². The van der Waals surface area contributed by atoms with Crippen molar-refractivity contribution in [2.24, 2.45) is 0 Å². The zero-order chi connectivity index (χ0) is 18.7. The smallest absolute Gasteiger partial charge is 0.327 e. The molecular weight excluding hydrogens is 340 g/mol. The van der Waals surface area contributed by atoms with Gasteiger partial charge in [0.15, 0.2) is 11.5 Å². The van der Waals surface area contributed by atoms with Crippen LogP contribution in [-0.2, 0) is 0 Å². The number of furan rings is 1. The van der Waals surface area contributed by atoms with Crippen LogP contribution in [0.4, 0.5) is 16.5 Å². The fraction of sp³-hybridized carbons (Fsp3) is 0.235. The first-order valence-electron chi connectivity index (χ1n) is 7.71. The standard InChI is InChI=1S/C17H18N4O5/c1-9-8-11(10(2)25-9)15-20-21-17(26-15)19-16(22)18-12-6-5-7-13(23-3)14(12)24-4/h5-8H,1-4H3,(H2,18,19,21,22). The molecule has 9 heteroatoms. The summed E-state index contributed by atoms with van der Waals surface area (Å²) in [5.74, 6) is 2.54. The van der Waals surface area contributed by atoms with Crippen LogP contribution in [0, 0.1) is 13.8 Å². The predicted molar refractivity (Wildman–Crippen MR) is 93.7 cm³/mol. The maximum absolute atomic E-state index is 12.2. The van der Waals surface area contributed by atoms with Crippen LogP contribution < -0.4 is 20.1 Å². The number of carbonyl (C=O) groups excluding carboxylic acids is 1. The van der Waals surface area contributed by atoms with E-state index in [9.17, 15) is 4.79 Å². The number of ether oxygens (including phenoxy) is 2. The lowest BCUT2D eigenvalue weighted by Gasteiger charge is -2.12. The number of aryl methyl sites for hydroxylation is 2. The van der Waals surface area contributed by atoms with E-state index in [-0.39, 0.29) is 11.9 Å². The molecule has 0 bridgehead atoms. The number of amides is 2. The first-order valence-corrected chi connectivity index (χ1v) is 7.71. The Balaban J connectivity index is 1.73. The summed E-state index contributed by atoms with van der Waals surface area (Å²) in [7, 11) is 3.00. The summed E-state index contributed by atoms with van der Waals surface area (Å²) >= 11 is 0. The molecule has 2 N–H and O–H groups in total. The third kappa shape index (κ3) is 3.46. The van der Waals surface area contributed by atoms with Gasteiger partial charge in [0, 0.05) is 0 Å². The molecule has 0 saturated heterocycles. The van der Waals surface area contributed by atoms with Gasteiger partial charge in [0.2, 0.25) is 0 Å². The Kier molecular flexibility index (Phi) is 4.78. The second-order valence-corrected chi connectivity index (χ2v) is 5.36. The molecule has 0 spiro atoms. The molecule has 1 aromatic carbocycles. The van der Waals surface area contributed by atoms with Crippen LogP contribution >= 0.6 is 0 Å². The van der Waals surface area contributed by atoms with Gasteiger partial charge in [0.25, 0.3) is 5.89 Å². The monoisotopic (exact) mass is 358 g/mol. The second kappa shape index (κ2) is 7.18. The number of anilines is 2. The highest BCUT2D eigenvalue weighted by Gasteiger charge is 2.17. The number of rotatable bonds is 5. The number of aromatic nitrogens is 2. The number of nitrogens with zero attached hydrogens (tertiary/aromatic N) is 2. The number of carbonyl (C=O) groups is 1. The summed E-state index contributed by atoms with van der Waals surface area (Å²) in [6.07, 6.45) is 0. The molecule has 26 heavy (non-hydrogen) atoms. The quantitative estimate of drug-likeness (QED) is 0.716. The Hall–Kier alpha value is -3.49. The normalized spacial score (nSPS) is 10.5. The molecule has 0 atom stereocenters. The fourth-order valence-electron chi connectivity index (χ4n) is 2.46. The molecule has 3 rings (SSSR count). The molecule has 136 valence electrons. The van der Waals surface area contributed by atoms with E-state index in [1.807, 2.05) is 6.92 Å². The maximum Gasteiger partial charge on any atom is 0.327 e. The molecule has 0 saturated carbocycles. The topological polar surface area (TPSA) is 112 Å². The highest BCUT2D eigenvalue weighted by atomic mass is 16.5. The molecule has 0 radical (unpaired) electrons. The van der Waals surface area contributed by atoms with Crippen molar-refractivity contribution in [1.29, 1.82) is 0 Å². The van der Waals surface area contributed by atoms with Crippen LogP contribution in [0.25, 0.3) is 11.5 Å². The molecule has 0 fully saturated rings. The van der Waals surface area contributed by atoms with E-state index >= 15 is 0 Å². The molecule has 0 aliphatic rings. The Bertz CT molecular complexity index is 931. The first kappa shape index (κ1) is 17.3. The van der Waals surface area contributed by atoms with Gasteiger partial charge < -0.3 is 23.6 Å². The molecule has 0 aliphatic heterocycles. The van der Waals surface area contributed by atoms with Crippen LogP contribution in [0.1, 0.15) is 11.5 Å². The van der Waals surface area contributed by atoms with Gasteiger partial charge in [0.1, 0.15) is 11.5 Å². The lowest BCUT2D eigenvalue weighted by molar-refractivity contribution is 0.261. The van der Waals surface area contributed by atoms with Crippen molar-refractivity contribution in [2.75, 3.05) is 24.9 Å². The summed E-state index contributed by atoms with van der Waals surface area (Å²) < 4.78 is 21.4. The Morgan fingerprint density at radius 3 is 2.54 bits per heavy atom. The number of methoxy groups -OCH3 is 2. The Morgan fingerprint density at radius 1 is 1.08 bits per heavy atom. The molecule has 0 aliphatic carbocycles. The highest BCUT2D eigenvalue weighted by Crippen LogP contribution is 2.34. The van der Waals surface area contributed by atoms with Gasteiger partial charge in [-0.1, -0.05) is 11.2 Å². The van der Waals surface area contributed by atoms with Crippen LogP contribution in [0.5, 0.6) is 11.5 Å². The van der Waals surface area contributed by atoms with E-state index in [2.05, 4.69) is 20.8 Å². The molecule has 2 aromatic heterocycles. The molecule has 2 heterocycles. The summed E-state index contributed by atoms with van der Waals surface area (Å²) in [5.41, 5.74) is 1.11. The van der Waals surface area contributed by atoms with E-state index in [0.29, 0.717) is 28.5 Å². The molecule has 0 unspecified atom stereocenters. The largest absolute Gasteiger partial charge is 0.493 e. The second-order valence-electron chi connectivity index (χ2n) is 5.36. The minimum Gasteiger partial charge on any atom is -0.493 e. The fourth-order valence-corrected chi connectivity index (χ4v) is 2.46. The number of nitrogens with one attached hydrogen (secondary N) is 2. The minimum atomic E-state index is -0.563. The number of hydrogen-bond acceptors (Lipinski definition) is 7. The molecule has 2 amide bonds. The van der Waals surface area contributed by atoms with Gasteiger partial charge in [-0.15, -0.1) is 5.10 Å². The average molecular weight is 358 g/mol. The van der Waals surface area contributed by atoms with E-state index in [0.717, 1.165) is 5.76 Å². The summed E-state index contributed by atoms with van der Waals surface area (Å²) in [4.78, 5) is 12.2. The van der Waals surface area contributed by atoms with E-state index in [1.165, 1.54) is 14.2 Å². The first-order chi connectivity index (χ1) is 12.5. The summed E-state index contributed by atoms with van der Waals surface area (Å²) in [5, 5.41) is 12.9. The Labute approximate surface area is 149 Å². The average Bonchev–Trinajstić information content (AvgIpc) is 3.20. The molecular formula is C17H18N4O5. The van der Waals surface area contributed by atoms with Crippen LogP contribution in [0.3, 0.4) is 0 Å². The Morgan fingerprint density at radius 2 is 1.88 bits per heavy atom. The molecule has 3 aromatic rings. The third-order valence-corrected chi connectivity index (χ3v) is 3.57. The lowest BCUT2D eigenvalue weighted by Crippen LogP contribution is -2.20. The van der Waals surface area contributed by atoms with Crippen molar-refractivity contribution in [2.45, 2.75) is 13.8 Å². The van der Waals surface area contributed by atoms with Crippen LogP contribution in [0.2, 0.25) is 0 Å². The van der Waals surface area contributed by atoms with E-state index in [1.54, 1.807) is 31.2 Å². The zero-order valence-corrected chi connectivity index (χ0v) is 14.7. The number of benzene rings is 1. The van der Waals surface area contributed by atoms with E-state index in [4.69, 9.17) is 18.3 Å². The SMILES string of the molecule is COc1cccc(NC(=O)Nc2nnc(-c3cc(C)oc3C)o2)c1OC. The summed E-state index contributed by atoms with van der Waals surface area (Å²) in [6.45, 7) is 3.61. The predicted octanol–water partition coefficient (Wildman–Crippen LogP) is 3.61. The van der Waals surface area contributed by atoms with Gasteiger partial charge >= 0.3 is 12.0 Å². The van der Waals surface area contributed by atoms with Crippen molar-refractivity contribution < 1.29 is 23.1 Å². The number of para-hydroxylation sites is 1. The van der Waals surface area contributed by atoms with Crippen LogP contribution in [-0.4, -0.2) is 30.4 Å². The zero-order valence-electron chi connectivity index (χ0n) is 14.7. The van der Waals surface area contributed by atoms with Crippen molar-refractivity contribution >= 4 is 17.7 Å². The van der Waals surface area contributed by atoms with Crippen molar-refractivity contribution in [3.05, 3.63) is 35.8 Å². The van der Waals surface area contributed by atoms with Crippen LogP contribution in [0.15, 0.2) is 33.1 Å².